The molecule has 1 saturated heterocycles. The highest BCUT2D eigenvalue weighted by Crippen LogP contribution is 2.53. The van der Waals surface area contributed by atoms with E-state index in [1.165, 1.54) is 11.8 Å². The van der Waals surface area contributed by atoms with Crippen molar-refractivity contribution < 1.29 is 33.3 Å². The maximum absolute atomic E-state index is 14.1. The Labute approximate surface area is 284 Å². The van der Waals surface area contributed by atoms with Crippen molar-refractivity contribution in [2.75, 3.05) is 25.2 Å². The van der Waals surface area contributed by atoms with E-state index in [0.717, 1.165) is 16.7 Å². The number of hydrogen-bond acceptors (Lipinski definition) is 8. The molecule has 48 heavy (non-hydrogen) atoms. The van der Waals surface area contributed by atoms with E-state index in [2.05, 4.69) is 5.32 Å². The third-order valence-electron chi connectivity index (χ3n) is 7.88. The lowest BCUT2D eigenvalue weighted by Crippen LogP contribution is -2.38. The lowest BCUT2D eigenvalue weighted by Gasteiger charge is -2.25. The van der Waals surface area contributed by atoms with Gasteiger partial charge in [0, 0.05) is 24.2 Å². The smallest absolute Gasteiger partial charge is 0.407 e. The lowest BCUT2D eigenvalue weighted by atomic mass is 10.0. The van der Waals surface area contributed by atoms with Crippen molar-refractivity contribution in [3.05, 3.63) is 119 Å². The molecular weight excluding hydrogens is 630 g/mol. The maximum atomic E-state index is 14.1. The number of benzene rings is 4. The molecule has 250 valence electrons. The number of hydrogen-bond donors (Lipinski definition) is 2. The second kappa shape index (κ2) is 15.6. The molecule has 3 amide bonds. The van der Waals surface area contributed by atoms with Crippen molar-refractivity contribution in [2.45, 2.75) is 43.5 Å². The van der Waals surface area contributed by atoms with Crippen LogP contribution in [0.5, 0.6) is 17.2 Å². The summed E-state index contributed by atoms with van der Waals surface area (Å²) in [4.78, 5) is 40.4. The molecule has 1 fully saturated rings. The van der Waals surface area contributed by atoms with Crippen LogP contribution in [0.15, 0.2) is 97.1 Å². The van der Waals surface area contributed by atoms with Gasteiger partial charge >= 0.3 is 6.09 Å². The van der Waals surface area contributed by atoms with Gasteiger partial charge in [-0.25, -0.2) is 4.79 Å². The van der Waals surface area contributed by atoms with Crippen molar-refractivity contribution >= 4 is 35.4 Å². The van der Waals surface area contributed by atoms with Gasteiger partial charge in [-0.05, 0) is 73.0 Å². The van der Waals surface area contributed by atoms with Crippen LogP contribution in [-0.4, -0.2) is 43.0 Å². The third kappa shape index (κ3) is 8.21. The molecule has 0 saturated carbocycles. The van der Waals surface area contributed by atoms with Gasteiger partial charge in [-0.2, -0.15) is 0 Å². The van der Waals surface area contributed by atoms with E-state index >= 15 is 0 Å². The first-order valence-electron chi connectivity index (χ1n) is 15.6. The quantitative estimate of drug-likeness (QED) is 0.153. The van der Waals surface area contributed by atoms with Gasteiger partial charge in [0.15, 0.2) is 11.5 Å². The van der Waals surface area contributed by atoms with E-state index in [9.17, 15) is 14.4 Å². The number of thioether (sulfide) groups is 1. The van der Waals surface area contributed by atoms with Crippen molar-refractivity contribution in [3.63, 3.8) is 0 Å². The number of nitrogens with zero attached hydrogens (tertiary/aromatic N) is 1. The molecule has 3 N–H and O–H groups in total. The predicted molar refractivity (Wildman–Crippen MR) is 185 cm³/mol. The van der Waals surface area contributed by atoms with Gasteiger partial charge < -0.3 is 30.0 Å². The average Bonchev–Trinajstić information content (AvgIpc) is 3.37. The molecule has 0 spiro atoms. The highest BCUT2D eigenvalue weighted by Gasteiger charge is 2.50. The van der Waals surface area contributed by atoms with Crippen molar-refractivity contribution in [2.24, 2.45) is 5.73 Å². The summed E-state index contributed by atoms with van der Waals surface area (Å²) in [5, 5.41) is 2.33. The number of nitrogens with two attached hydrogens (primary N) is 1. The topological polar surface area (TPSA) is 129 Å². The largest absolute Gasteiger partial charge is 0.493 e. The summed E-state index contributed by atoms with van der Waals surface area (Å²) in [5.41, 5.74) is 9.16. The molecule has 0 bridgehead atoms. The van der Waals surface area contributed by atoms with Gasteiger partial charge in [-0.15, -0.1) is 11.8 Å². The summed E-state index contributed by atoms with van der Waals surface area (Å²) in [6.45, 7) is 4.88. The normalized spacial score (nSPS) is 17.1. The van der Waals surface area contributed by atoms with E-state index < -0.39 is 22.1 Å². The van der Waals surface area contributed by atoms with E-state index in [-0.39, 0.29) is 25.5 Å². The molecule has 1 aliphatic rings. The standard InChI is InChI=1S/C37H39N3O7S/c1-4-45-32-21-26(13-18-31(32)44-3)23-39-36(43)46-20-19-37(2)35(42)40(29-12-8-11-28(22-29)33(38)41)34(48-37)27-14-16-30(17-15-27)47-24-25-9-6-5-7-10-25/h5-18,21-22,34H,4,19-20,23-24H2,1-3H3,(H2,38,41)(H,39,43)/t34-,37+/m0/s1. The SMILES string of the molecule is CCOc1cc(CNC(=O)OCC[C@@]2(C)S[C@@H](c3ccc(OCc4ccccc4)cc3)N(c3cccc(C(N)=O)c3)C2=O)ccc1OC. The first-order chi connectivity index (χ1) is 23.2. The highest BCUT2D eigenvalue weighted by atomic mass is 32.2. The number of rotatable bonds is 14. The first kappa shape index (κ1) is 34.2. The van der Waals surface area contributed by atoms with Crippen molar-refractivity contribution in [3.8, 4) is 17.2 Å². The van der Waals surface area contributed by atoms with Crippen LogP contribution in [0, 0.1) is 0 Å². The molecule has 0 unspecified atom stereocenters. The Morgan fingerprint density at radius 2 is 1.69 bits per heavy atom. The monoisotopic (exact) mass is 669 g/mol. The van der Waals surface area contributed by atoms with Gasteiger partial charge in [0.25, 0.3) is 0 Å². The zero-order valence-corrected chi connectivity index (χ0v) is 28.0. The van der Waals surface area contributed by atoms with Crippen LogP contribution in [0.2, 0.25) is 0 Å². The number of alkyl carbamates (subject to hydrolysis) is 1. The van der Waals surface area contributed by atoms with Gasteiger partial charge in [-0.3, -0.25) is 14.5 Å². The number of ether oxygens (including phenoxy) is 4. The molecular formula is C37H39N3O7S. The molecule has 0 aliphatic carbocycles. The molecule has 4 aromatic carbocycles. The van der Waals surface area contributed by atoms with Crippen LogP contribution in [0.4, 0.5) is 10.5 Å². The number of carbonyl (C=O) groups is 3. The number of carbonyl (C=O) groups excluding carboxylic acids is 3. The van der Waals surface area contributed by atoms with Crippen molar-refractivity contribution in [1.29, 1.82) is 0 Å². The summed E-state index contributed by atoms with van der Waals surface area (Å²) in [6, 6.07) is 29.7. The van der Waals surface area contributed by atoms with Gasteiger partial charge in [-0.1, -0.05) is 54.6 Å². The first-order valence-corrected chi connectivity index (χ1v) is 16.5. The molecule has 0 aromatic heterocycles. The molecule has 0 radical (unpaired) electrons. The van der Waals surface area contributed by atoms with Crippen LogP contribution in [0.1, 0.15) is 52.7 Å². The Morgan fingerprint density at radius 3 is 2.40 bits per heavy atom. The number of nitrogens with one attached hydrogen (secondary N) is 1. The fourth-order valence-electron chi connectivity index (χ4n) is 5.29. The highest BCUT2D eigenvalue weighted by molar-refractivity contribution is 8.02. The Kier molecular flexibility index (Phi) is 11.1. The summed E-state index contributed by atoms with van der Waals surface area (Å²) >= 11 is 1.46. The van der Waals surface area contributed by atoms with Gasteiger partial charge in [0.1, 0.15) is 17.7 Å². The Hall–Kier alpha value is -5.16. The molecule has 1 heterocycles. The van der Waals surface area contributed by atoms with Gasteiger partial charge in [0.05, 0.1) is 25.1 Å². The minimum absolute atomic E-state index is 0.0159. The molecule has 4 aromatic rings. The predicted octanol–water partition coefficient (Wildman–Crippen LogP) is 6.63. The summed E-state index contributed by atoms with van der Waals surface area (Å²) in [7, 11) is 1.57. The minimum atomic E-state index is -0.932. The van der Waals surface area contributed by atoms with Crippen LogP contribution >= 0.6 is 11.8 Å². The molecule has 2 atom stereocenters. The minimum Gasteiger partial charge on any atom is -0.493 e. The van der Waals surface area contributed by atoms with Crippen LogP contribution in [0.3, 0.4) is 0 Å². The number of methoxy groups -OCH3 is 1. The Bertz CT molecular complexity index is 1730. The van der Waals surface area contributed by atoms with Crippen LogP contribution < -0.4 is 30.2 Å². The van der Waals surface area contributed by atoms with Gasteiger partial charge in [0.2, 0.25) is 11.8 Å². The molecule has 11 heteroatoms. The third-order valence-corrected chi connectivity index (χ3v) is 9.48. The van der Waals surface area contributed by atoms with E-state index in [0.29, 0.717) is 41.7 Å². The number of primary amides is 1. The lowest BCUT2D eigenvalue weighted by molar-refractivity contribution is -0.120. The molecule has 1 aliphatic heterocycles. The molecule has 5 rings (SSSR count). The van der Waals surface area contributed by atoms with Crippen LogP contribution in [-0.2, 0) is 22.7 Å². The summed E-state index contributed by atoms with van der Waals surface area (Å²) in [5.74, 6) is 1.14. The average molecular weight is 670 g/mol. The Morgan fingerprint density at radius 1 is 0.917 bits per heavy atom. The summed E-state index contributed by atoms with van der Waals surface area (Å²) in [6.07, 6.45) is -0.335. The second-order valence-electron chi connectivity index (χ2n) is 11.3. The van der Waals surface area contributed by atoms with Crippen molar-refractivity contribution in [1.82, 2.24) is 5.32 Å². The fraction of sp³-hybridized carbons (Fsp3) is 0.270. The number of amides is 3. The van der Waals surface area contributed by atoms with E-state index in [1.807, 2.05) is 74.5 Å². The maximum Gasteiger partial charge on any atom is 0.407 e. The fourth-order valence-corrected chi connectivity index (χ4v) is 6.80. The Balaban J connectivity index is 1.26. The molecule has 10 nitrogen and oxygen atoms in total. The van der Waals surface area contributed by atoms with E-state index in [1.54, 1.807) is 48.4 Å². The number of anilines is 1. The zero-order valence-electron chi connectivity index (χ0n) is 27.1. The van der Waals surface area contributed by atoms with Crippen LogP contribution in [0.25, 0.3) is 0 Å². The second-order valence-corrected chi connectivity index (χ2v) is 12.9. The van der Waals surface area contributed by atoms with E-state index in [4.69, 9.17) is 24.7 Å². The zero-order chi connectivity index (χ0) is 34.1. The summed E-state index contributed by atoms with van der Waals surface area (Å²) < 4.78 is 21.5.